The van der Waals surface area contributed by atoms with Crippen molar-refractivity contribution in [2.24, 2.45) is 0 Å². The number of ether oxygens (including phenoxy) is 1. The van der Waals surface area contributed by atoms with E-state index >= 15 is 0 Å². The standard InChI is InChI=1S/C12H11FN2O2S/c1-2-17-12(16)5-11-15-10(7-18-11)9-4-3-8(13)6-14-9/h3-4,6-7H,2,5H2,1H3. The minimum absolute atomic E-state index is 0.152. The lowest BCUT2D eigenvalue weighted by Crippen LogP contribution is -2.07. The zero-order chi connectivity index (χ0) is 13.0. The Balaban J connectivity index is 2.10. The van der Waals surface area contributed by atoms with Crippen LogP contribution in [0.25, 0.3) is 11.4 Å². The van der Waals surface area contributed by atoms with Gasteiger partial charge in [0.25, 0.3) is 0 Å². The second kappa shape index (κ2) is 5.68. The SMILES string of the molecule is CCOC(=O)Cc1nc(-c2ccc(F)cn2)cs1. The fourth-order valence-electron chi connectivity index (χ4n) is 1.37. The first-order valence-electron chi connectivity index (χ1n) is 5.41. The highest BCUT2D eigenvalue weighted by Gasteiger charge is 2.10. The molecule has 94 valence electrons. The van der Waals surface area contributed by atoms with Crippen LogP contribution < -0.4 is 0 Å². The van der Waals surface area contributed by atoms with E-state index < -0.39 is 0 Å². The predicted octanol–water partition coefficient (Wildman–Crippen LogP) is 2.45. The molecule has 6 heteroatoms. The number of rotatable bonds is 4. The van der Waals surface area contributed by atoms with Gasteiger partial charge in [0.1, 0.15) is 10.8 Å². The molecule has 0 spiro atoms. The summed E-state index contributed by atoms with van der Waals surface area (Å²) in [6.45, 7) is 2.12. The Labute approximate surface area is 107 Å². The molecule has 4 nitrogen and oxygen atoms in total. The van der Waals surface area contributed by atoms with Crippen molar-refractivity contribution < 1.29 is 13.9 Å². The minimum atomic E-state index is -0.388. The van der Waals surface area contributed by atoms with Gasteiger partial charge in [0.05, 0.1) is 30.6 Å². The van der Waals surface area contributed by atoms with Gasteiger partial charge in [-0.3, -0.25) is 9.78 Å². The molecular weight excluding hydrogens is 255 g/mol. The van der Waals surface area contributed by atoms with Crippen LogP contribution in [0.2, 0.25) is 0 Å². The molecule has 0 atom stereocenters. The molecule has 0 bridgehead atoms. The molecule has 0 radical (unpaired) electrons. The van der Waals surface area contributed by atoms with Crippen molar-refractivity contribution in [3.05, 3.63) is 34.5 Å². The predicted molar refractivity (Wildman–Crippen MR) is 65.6 cm³/mol. The molecule has 0 aliphatic carbocycles. The molecule has 0 unspecified atom stereocenters. The van der Waals surface area contributed by atoms with Crippen LogP contribution in [0.1, 0.15) is 11.9 Å². The van der Waals surface area contributed by atoms with Gasteiger partial charge in [0.2, 0.25) is 0 Å². The maximum Gasteiger partial charge on any atom is 0.312 e. The zero-order valence-corrected chi connectivity index (χ0v) is 10.5. The number of aromatic nitrogens is 2. The third-order valence-corrected chi connectivity index (χ3v) is 2.99. The summed E-state index contributed by atoms with van der Waals surface area (Å²) in [6, 6.07) is 2.88. The molecular formula is C12H11FN2O2S. The summed E-state index contributed by atoms with van der Waals surface area (Å²) in [5, 5.41) is 2.45. The summed E-state index contributed by atoms with van der Waals surface area (Å²) in [7, 11) is 0. The lowest BCUT2D eigenvalue weighted by molar-refractivity contribution is -0.142. The minimum Gasteiger partial charge on any atom is -0.466 e. The molecule has 2 heterocycles. The molecule has 2 aromatic rings. The van der Waals surface area contributed by atoms with Crippen molar-refractivity contribution in [1.29, 1.82) is 0 Å². The number of pyridine rings is 1. The topological polar surface area (TPSA) is 52.1 Å². The zero-order valence-electron chi connectivity index (χ0n) is 9.72. The van der Waals surface area contributed by atoms with E-state index in [0.717, 1.165) is 6.20 Å². The van der Waals surface area contributed by atoms with E-state index in [4.69, 9.17) is 4.74 Å². The van der Waals surface area contributed by atoms with E-state index in [1.165, 1.54) is 17.4 Å². The first-order chi connectivity index (χ1) is 8.69. The maximum absolute atomic E-state index is 12.7. The van der Waals surface area contributed by atoms with Gasteiger partial charge in [-0.2, -0.15) is 0 Å². The summed E-state index contributed by atoms with van der Waals surface area (Å²) >= 11 is 1.36. The van der Waals surface area contributed by atoms with Gasteiger partial charge in [-0.05, 0) is 19.1 Å². The Morgan fingerprint density at radius 1 is 1.44 bits per heavy atom. The van der Waals surface area contributed by atoms with Crippen LogP contribution in [0.15, 0.2) is 23.7 Å². The Hall–Kier alpha value is -1.82. The van der Waals surface area contributed by atoms with Crippen molar-refractivity contribution >= 4 is 17.3 Å². The molecule has 0 aliphatic rings. The summed E-state index contributed by atoms with van der Waals surface area (Å²) in [5.74, 6) is -0.689. The number of carbonyl (C=O) groups excluding carboxylic acids is 1. The quantitative estimate of drug-likeness (QED) is 0.798. The van der Waals surface area contributed by atoms with Crippen molar-refractivity contribution in [2.75, 3.05) is 6.61 Å². The van der Waals surface area contributed by atoms with Gasteiger partial charge in [0, 0.05) is 5.38 Å². The molecule has 0 amide bonds. The first kappa shape index (κ1) is 12.6. The van der Waals surface area contributed by atoms with Gasteiger partial charge >= 0.3 is 5.97 Å². The fourth-order valence-corrected chi connectivity index (χ4v) is 2.15. The highest BCUT2D eigenvalue weighted by molar-refractivity contribution is 7.10. The smallest absolute Gasteiger partial charge is 0.312 e. The lowest BCUT2D eigenvalue weighted by Gasteiger charge is -1.98. The average Bonchev–Trinajstić information content (AvgIpc) is 2.78. The van der Waals surface area contributed by atoms with Crippen molar-refractivity contribution in [1.82, 2.24) is 9.97 Å². The average molecular weight is 266 g/mol. The Kier molecular flexibility index (Phi) is 3.99. The van der Waals surface area contributed by atoms with Crippen molar-refractivity contribution in [2.45, 2.75) is 13.3 Å². The molecule has 0 saturated carbocycles. The van der Waals surface area contributed by atoms with Crippen LogP contribution in [0, 0.1) is 5.82 Å². The fraction of sp³-hybridized carbons (Fsp3) is 0.250. The largest absolute Gasteiger partial charge is 0.466 e. The number of carbonyl (C=O) groups is 1. The summed E-state index contributed by atoms with van der Waals surface area (Å²) in [4.78, 5) is 19.5. The number of esters is 1. The summed E-state index contributed by atoms with van der Waals surface area (Å²) in [5.41, 5.74) is 1.22. The van der Waals surface area contributed by atoms with Crippen LogP contribution in [-0.2, 0) is 16.0 Å². The third-order valence-electron chi connectivity index (χ3n) is 2.14. The maximum atomic E-state index is 12.7. The molecule has 0 aromatic carbocycles. The highest BCUT2D eigenvalue weighted by atomic mass is 32.1. The molecule has 0 saturated heterocycles. The monoisotopic (exact) mass is 266 g/mol. The summed E-state index contributed by atoms with van der Waals surface area (Å²) < 4.78 is 17.6. The number of halogens is 1. The number of nitrogens with zero attached hydrogens (tertiary/aromatic N) is 2. The number of hydrogen-bond acceptors (Lipinski definition) is 5. The lowest BCUT2D eigenvalue weighted by atomic mass is 10.3. The Morgan fingerprint density at radius 2 is 2.28 bits per heavy atom. The molecule has 18 heavy (non-hydrogen) atoms. The summed E-state index contributed by atoms with van der Waals surface area (Å²) in [6.07, 6.45) is 1.29. The highest BCUT2D eigenvalue weighted by Crippen LogP contribution is 2.20. The molecule has 2 aromatic heterocycles. The van der Waals surface area contributed by atoms with Crippen LogP contribution in [0.5, 0.6) is 0 Å². The number of hydrogen-bond donors (Lipinski definition) is 0. The van der Waals surface area contributed by atoms with Gasteiger partial charge in [0.15, 0.2) is 0 Å². The van der Waals surface area contributed by atoms with Gasteiger partial charge in [-0.25, -0.2) is 9.37 Å². The molecule has 2 rings (SSSR count). The number of thiazole rings is 1. The van der Waals surface area contributed by atoms with Gasteiger partial charge < -0.3 is 4.74 Å². The second-order valence-corrected chi connectivity index (χ2v) is 4.41. The van der Waals surface area contributed by atoms with Crippen molar-refractivity contribution in [3.8, 4) is 11.4 Å². The van der Waals surface area contributed by atoms with E-state index in [9.17, 15) is 9.18 Å². The van der Waals surface area contributed by atoms with Crippen LogP contribution in [0.4, 0.5) is 4.39 Å². The van der Waals surface area contributed by atoms with E-state index in [0.29, 0.717) is 23.0 Å². The first-order valence-corrected chi connectivity index (χ1v) is 6.29. The Bertz CT molecular complexity index is 539. The third kappa shape index (κ3) is 3.10. The van der Waals surface area contributed by atoms with Crippen LogP contribution >= 0.6 is 11.3 Å². The van der Waals surface area contributed by atoms with Crippen molar-refractivity contribution in [3.63, 3.8) is 0 Å². The van der Waals surface area contributed by atoms with Gasteiger partial charge in [-0.1, -0.05) is 0 Å². The van der Waals surface area contributed by atoms with Crippen LogP contribution in [0.3, 0.4) is 0 Å². The van der Waals surface area contributed by atoms with E-state index in [2.05, 4.69) is 9.97 Å². The van der Waals surface area contributed by atoms with E-state index in [1.807, 2.05) is 0 Å². The molecule has 0 aliphatic heterocycles. The van der Waals surface area contributed by atoms with E-state index in [1.54, 1.807) is 18.4 Å². The molecule has 0 fully saturated rings. The van der Waals surface area contributed by atoms with Gasteiger partial charge in [-0.15, -0.1) is 11.3 Å². The second-order valence-electron chi connectivity index (χ2n) is 3.47. The normalized spacial score (nSPS) is 10.3. The van der Waals surface area contributed by atoms with E-state index in [-0.39, 0.29) is 18.2 Å². The molecule has 0 N–H and O–H groups in total. The van der Waals surface area contributed by atoms with Crippen LogP contribution in [-0.4, -0.2) is 22.5 Å². The Morgan fingerprint density at radius 3 is 2.94 bits per heavy atom.